The molecule has 0 amide bonds. The minimum Gasteiger partial charge on any atom is -0.497 e. The van der Waals surface area contributed by atoms with Gasteiger partial charge in [-0.25, -0.2) is 4.79 Å². The summed E-state index contributed by atoms with van der Waals surface area (Å²) in [7, 11) is 3.11. The van der Waals surface area contributed by atoms with Crippen LogP contribution in [0.5, 0.6) is 11.5 Å². The average molecular weight is 316 g/mol. The fourth-order valence-corrected chi connectivity index (χ4v) is 2.23. The van der Waals surface area contributed by atoms with Gasteiger partial charge in [0, 0.05) is 12.0 Å². The fraction of sp³-hybridized carbons (Fsp3) is 0.278. The van der Waals surface area contributed by atoms with Gasteiger partial charge in [-0.2, -0.15) is 0 Å². The Morgan fingerprint density at radius 3 is 2.43 bits per heavy atom. The molecule has 0 aliphatic carbocycles. The topological polar surface area (TPSA) is 65.0 Å². The molecule has 0 aliphatic rings. The van der Waals surface area contributed by atoms with Gasteiger partial charge in [-0.15, -0.1) is 0 Å². The van der Waals surface area contributed by atoms with Crippen molar-refractivity contribution in [3.63, 3.8) is 0 Å². The van der Waals surface area contributed by atoms with Crippen molar-refractivity contribution in [1.82, 2.24) is 0 Å². The molecule has 0 radical (unpaired) electrons. The van der Waals surface area contributed by atoms with Crippen molar-refractivity contribution in [2.24, 2.45) is 0 Å². The molecule has 1 atom stereocenters. The largest absolute Gasteiger partial charge is 0.497 e. The number of carboxylic acids is 1. The molecule has 1 unspecified atom stereocenters. The van der Waals surface area contributed by atoms with Crippen LogP contribution in [0.25, 0.3) is 0 Å². The highest BCUT2D eigenvalue weighted by Crippen LogP contribution is 2.26. The van der Waals surface area contributed by atoms with Gasteiger partial charge in [0.2, 0.25) is 0 Å². The molecule has 2 aromatic carbocycles. The highest BCUT2D eigenvalue weighted by atomic mass is 16.5. The van der Waals surface area contributed by atoms with E-state index >= 15 is 0 Å². The number of rotatable bonds is 8. The summed E-state index contributed by atoms with van der Waals surface area (Å²) >= 11 is 0. The van der Waals surface area contributed by atoms with Crippen molar-refractivity contribution in [2.45, 2.75) is 19.1 Å². The van der Waals surface area contributed by atoms with E-state index in [0.717, 1.165) is 11.1 Å². The monoisotopic (exact) mass is 316 g/mol. The number of hydrogen-bond donors (Lipinski definition) is 1. The summed E-state index contributed by atoms with van der Waals surface area (Å²) in [6.45, 7) is 0.240. The van der Waals surface area contributed by atoms with E-state index in [1.165, 1.54) is 0 Å². The highest BCUT2D eigenvalue weighted by Gasteiger charge is 2.21. The Labute approximate surface area is 135 Å². The third kappa shape index (κ3) is 4.72. The standard InChI is InChI=1S/C18H20O5/c1-21-15-8-9-16(22-2)14(10-15)11-17(18(19)20)23-12-13-6-4-3-5-7-13/h3-10,17H,11-12H2,1-2H3,(H,19,20). The van der Waals surface area contributed by atoms with Gasteiger partial charge in [-0.05, 0) is 23.8 Å². The Morgan fingerprint density at radius 2 is 1.83 bits per heavy atom. The Morgan fingerprint density at radius 1 is 1.09 bits per heavy atom. The Hall–Kier alpha value is -2.53. The highest BCUT2D eigenvalue weighted by molar-refractivity contribution is 5.73. The van der Waals surface area contributed by atoms with Crippen molar-refractivity contribution >= 4 is 5.97 Å². The van der Waals surface area contributed by atoms with Crippen LogP contribution in [0.4, 0.5) is 0 Å². The summed E-state index contributed by atoms with van der Waals surface area (Å²) in [5.41, 5.74) is 1.66. The summed E-state index contributed by atoms with van der Waals surface area (Å²) in [4.78, 5) is 11.5. The van der Waals surface area contributed by atoms with Gasteiger partial charge in [0.25, 0.3) is 0 Å². The first-order valence-corrected chi connectivity index (χ1v) is 7.23. The van der Waals surface area contributed by atoms with Gasteiger partial charge >= 0.3 is 5.97 Å². The molecule has 5 heteroatoms. The summed E-state index contributed by atoms with van der Waals surface area (Å²) in [5.74, 6) is 0.249. The van der Waals surface area contributed by atoms with Crippen molar-refractivity contribution in [3.8, 4) is 11.5 Å². The van der Waals surface area contributed by atoms with Crippen LogP contribution in [0.3, 0.4) is 0 Å². The van der Waals surface area contributed by atoms with Crippen molar-refractivity contribution in [3.05, 3.63) is 59.7 Å². The Bertz CT molecular complexity index is 639. The summed E-state index contributed by atoms with van der Waals surface area (Å²) in [6, 6.07) is 14.8. The SMILES string of the molecule is COc1ccc(OC)c(CC(OCc2ccccc2)C(=O)O)c1. The van der Waals surface area contributed by atoms with Gasteiger partial charge in [-0.1, -0.05) is 30.3 Å². The summed E-state index contributed by atoms with van der Waals surface area (Å²) < 4.78 is 16.0. The maximum absolute atomic E-state index is 11.5. The maximum atomic E-state index is 11.5. The second-order valence-electron chi connectivity index (χ2n) is 5.01. The van der Waals surface area contributed by atoms with E-state index < -0.39 is 12.1 Å². The zero-order chi connectivity index (χ0) is 16.7. The van der Waals surface area contributed by atoms with E-state index in [0.29, 0.717) is 11.5 Å². The molecule has 5 nitrogen and oxygen atoms in total. The molecule has 0 aromatic heterocycles. The zero-order valence-corrected chi connectivity index (χ0v) is 13.2. The van der Waals surface area contributed by atoms with Gasteiger partial charge in [-0.3, -0.25) is 0 Å². The zero-order valence-electron chi connectivity index (χ0n) is 13.2. The molecule has 2 aromatic rings. The van der Waals surface area contributed by atoms with E-state index in [1.54, 1.807) is 32.4 Å². The number of ether oxygens (including phenoxy) is 3. The number of methoxy groups -OCH3 is 2. The van der Waals surface area contributed by atoms with Gasteiger partial charge in [0.05, 0.1) is 20.8 Å². The van der Waals surface area contributed by atoms with Crippen molar-refractivity contribution in [2.75, 3.05) is 14.2 Å². The molecule has 122 valence electrons. The number of carbonyl (C=O) groups is 1. The van der Waals surface area contributed by atoms with Gasteiger partial charge in [0.15, 0.2) is 6.10 Å². The molecular formula is C18H20O5. The quantitative estimate of drug-likeness (QED) is 0.811. The van der Waals surface area contributed by atoms with E-state index in [2.05, 4.69) is 0 Å². The van der Waals surface area contributed by atoms with E-state index in [4.69, 9.17) is 14.2 Å². The van der Waals surface area contributed by atoms with E-state index in [1.807, 2.05) is 30.3 Å². The number of hydrogen-bond acceptors (Lipinski definition) is 4. The molecule has 23 heavy (non-hydrogen) atoms. The Balaban J connectivity index is 2.11. The fourth-order valence-electron chi connectivity index (χ4n) is 2.23. The predicted molar refractivity (Wildman–Crippen MR) is 85.9 cm³/mol. The van der Waals surface area contributed by atoms with Crippen molar-refractivity contribution in [1.29, 1.82) is 0 Å². The molecular weight excluding hydrogens is 296 g/mol. The second kappa shape index (κ2) is 8.19. The average Bonchev–Trinajstić information content (AvgIpc) is 2.59. The summed E-state index contributed by atoms with van der Waals surface area (Å²) in [5, 5.41) is 9.41. The molecule has 0 spiro atoms. The normalized spacial score (nSPS) is 11.7. The van der Waals surface area contributed by atoms with Crippen LogP contribution in [0, 0.1) is 0 Å². The summed E-state index contributed by atoms with van der Waals surface area (Å²) in [6.07, 6.45) is -0.765. The lowest BCUT2D eigenvalue weighted by Crippen LogP contribution is -2.26. The molecule has 0 fully saturated rings. The van der Waals surface area contributed by atoms with E-state index in [9.17, 15) is 9.90 Å². The second-order valence-corrected chi connectivity index (χ2v) is 5.01. The lowest BCUT2D eigenvalue weighted by atomic mass is 10.1. The van der Waals surface area contributed by atoms with Crippen LogP contribution >= 0.6 is 0 Å². The van der Waals surface area contributed by atoms with Crippen LogP contribution < -0.4 is 9.47 Å². The molecule has 1 N–H and O–H groups in total. The molecule has 0 aliphatic heterocycles. The number of benzene rings is 2. The Kier molecular flexibility index (Phi) is 6.00. The van der Waals surface area contributed by atoms with Crippen LogP contribution in [0.15, 0.2) is 48.5 Å². The van der Waals surface area contributed by atoms with Gasteiger partial charge in [0.1, 0.15) is 11.5 Å². The molecule has 2 rings (SSSR count). The molecule has 0 heterocycles. The first-order chi connectivity index (χ1) is 11.1. The minimum absolute atomic E-state index is 0.197. The molecule has 0 bridgehead atoms. The third-order valence-corrected chi connectivity index (χ3v) is 3.46. The third-order valence-electron chi connectivity index (χ3n) is 3.46. The molecule has 0 saturated heterocycles. The van der Waals surface area contributed by atoms with Crippen LogP contribution in [-0.4, -0.2) is 31.4 Å². The molecule has 0 saturated carbocycles. The first-order valence-electron chi connectivity index (χ1n) is 7.23. The van der Waals surface area contributed by atoms with Crippen LogP contribution in [0.2, 0.25) is 0 Å². The lowest BCUT2D eigenvalue weighted by molar-refractivity contribution is -0.151. The lowest BCUT2D eigenvalue weighted by Gasteiger charge is -2.16. The number of carboxylic acid groups (broad SMARTS) is 1. The predicted octanol–water partition coefficient (Wildman–Crippen LogP) is 2.92. The van der Waals surface area contributed by atoms with Crippen LogP contribution in [0.1, 0.15) is 11.1 Å². The first kappa shape index (κ1) is 16.8. The van der Waals surface area contributed by atoms with Crippen LogP contribution in [-0.2, 0) is 22.6 Å². The van der Waals surface area contributed by atoms with E-state index in [-0.39, 0.29) is 13.0 Å². The minimum atomic E-state index is -1.01. The maximum Gasteiger partial charge on any atom is 0.333 e. The number of aliphatic carboxylic acids is 1. The van der Waals surface area contributed by atoms with Crippen molar-refractivity contribution < 1.29 is 24.1 Å². The van der Waals surface area contributed by atoms with Gasteiger partial charge < -0.3 is 19.3 Å². The smallest absolute Gasteiger partial charge is 0.333 e.